The summed E-state index contributed by atoms with van der Waals surface area (Å²) < 4.78 is 1.82. The van der Waals surface area contributed by atoms with Crippen LogP contribution in [-0.2, 0) is 42.6 Å². The van der Waals surface area contributed by atoms with Crippen molar-refractivity contribution >= 4 is 17.9 Å². The molecule has 7 heteroatoms. The van der Waals surface area contributed by atoms with Crippen molar-refractivity contribution in [1.29, 1.82) is 0 Å². The van der Waals surface area contributed by atoms with Crippen LogP contribution in [-0.4, -0.2) is 49.0 Å². The molecular weight excluding hydrogens is 570 g/mol. The van der Waals surface area contributed by atoms with Crippen LogP contribution in [0, 0.1) is 13.8 Å². The molecule has 0 radical (unpaired) electrons. The molecule has 1 atom stereocenters. The number of carbonyl (C=O) groups excluding carboxylic acids is 2. The fourth-order valence-corrected chi connectivity index (χ4v) is 6.20. The van der Waals surface area contributed by atoms with Crippen LogP contribution in [0.1, 0.15) is 39.2 Å². The molecule has 0 bridgehead atoms. The molecule has 0 saturated carbocycles. The van der Waals surface area contributed by atoms with Crippen LogP contribution in [0.3, 0.4) is 0 Å². The topological polar surface area (TPSA) is 71.3 Å². The highest BCUT2D eigenvalue weighted by Gasteiger charge is 2.34. The van der Waals surface area contributed by atoms with Crippen molar-refractivity contribution in [3.63, 3.8) is 0 Å². The SMILES string of the molecule is Cc1nn(C)c(C)c1C=CC(=O)N(Cc1ccc(-c2ccccn2)cc1)C(Cc1ccccc1)C(=O)N1CCc2ccccc2C1. The summed E-state index contributed by atoms with van der Waals surface area (Å²) in [6.07, 6.45) is 6.41. The Morgan fingerprint density at radius 3 is 2.28 bits per heavy atom. The Labute approximate surface area is 270 Å². The van der Waals surface area contributed by atoms with Gasteiger partial charge in [-0.3, -0.25) is 19.3 Å². The number of nitrogens with zero attached hydrogens (tertiary/aromatic N) is 5. The van der Waals surface area contributed by atoms with Crippen molar-refractivity contribution in [2.75, 3.05) is 6.54 Å². The van der Waals surface area contributed by atoms with E-state index in [1.54, 1.807) is 17.2 Å². The molecule has 1 aliphatic rings. The van der Waals surface area contributed by atoms with Gasteiger partial charge in [0.05, 0.1) is 11.4 Å². The first-order chi connectivity index (χ1) is 22.4. The number of pyridine rings is 1. The van der Waals surface area contributed by atoms with Crippen molar-refractivity contribution in [2.45, 2.75) is 45.8 Å². The molecule has 3 heterocycles. The molecule has 2 amide bonds. The highest BCUT2D eigenvalue weighted by Crippen LogP contribution is 2.24. The summed E-state index contributed by atoms with van der Waals surface area (Å²) in [7, 11) is 1.90. The van der Waals surface area contributed by atoms with Gasteiger partial charge < -0.3 is 9.80 Å². The molecule has 7 nitrogen and oxygen atoms in total. The molecule has 5 aromatic rings. The van der Waals surface area contributed by atoms with Crippen molar-refractivity contribution in [2.24, 2.45) is 7.05 Å². The standard InChI is InChI=1S/C39H39N5O2/c1-28-35(29(2)42(3)41-28)20-21-38(45)44(26-31-16-18-33(19-17-31)36-15-9-10-23-40-36)37(25-30-11-5-4-6-12-30)39(46)43-24-22-32-13-7-8-14-34(32)27-43/h4-21,23,37H,22,24-27H2,1-3H3. The van der Waals surface area contributed by atoms with Gasteiger partial charge in [-0.05, 0) is 60.7 Å². The number of carbonyl (C=O) groups is 2. The van der Waals surface area contributed by atoms with E-state index in [1.165, 1.54) is 5.56 Å². The van der Waals surface area contributed by atoms with Gasteiger partial charge in [-0.25, -0.2) is 0 Å². The number of aromatic nitrogens is 3. The van der Waals surface area contributed by atoms with Crippen molar-refractivity contribution in [3.8, 4) is 11.3 Å². The highest BCUT2D eigenvalue weighted by atomic mass is 16.2. The monoisotopic (exact) mass is 609 g/mol. The van der Waals surface area contributed by atoms with E-state index in [9.17, 15) is 9.59 Å². The predicted octanol–water partition coefficient (Wildman–Crippen LogP) is 6.34. The average Bonchev–Trinajstić information content (AvgIpc) is 3.34. The zero-order valence-corrected chi connectivity index (χ0v) is 26.6. The second-order valence-corrected chi connectivity index (χ2v) is 11.9. The zero-order valence-electron chi connectivity index (χ0n) is 26.6. The van der Waals surface area contributed by atoms with E-state index in [2.05, 4.69) is 22.2 Å². The number of amides is 2. The van der Waals surface area contributed by atoms with Gasteiger partial charge in [0.15, 0.2) is 0 Å². The third kappa shape index (κ3) is 6.84. The largest absolute Gasteiger partial charge is 0.336 e. The minimum absolute atomic E-state index is 0.0426. The molecule has 2 aromatic heterocycles. The number of hydrogen-bond acceptors (Lipinski definition) is 4. The lowest BCUT2D eigenvalue weighted by molar-refractivity contribution is -0.144. The molecule has 0 saturated heterocycles. The third-order valence-corrected chi connectivity index (χ3v) is 8.88. The van der Waals surface area contributed by atoms with E-state index in [0.29, 0.717) is 19.5 Å². The molecule has 1 aliphatic heterocycles. The van der Waals surface area contributed by atoms with Crippen LogP contribution >= 0.6 is 0 Å². The van der Waals surface area contributed by atoms with Crippen molar-refractivity contribution in [3.05, 3.63) is 149 Å². The Bertz CT molecular complexity index is 1850. The summed E-state index contributed by atoms with van der Waals surface area (Å²) >= 11 is 0. The van der Waals surface area contributed by atoms with Crippen LogP contribution in [0.2, 0.25) is 0 Å². The quantitative estimate of drug-likeness (QED) is 0.183. The fraction of sp³-hybridized carbons (Fsp3) is 0.231. The lowest BCUT2D eigenvalue weighted by Crippen LogP contribution is -2.52. The maximum absolute atomic E-state index is 14.6. The molecule has 0 N–H and O–H groups in total. The van der Waals surface area contributed by atoms with Gasteiger partial charge in [-0.2, -0.15) is 5.10 Å². The van der Waals surface area contributed by atoms with Crippen molar-refractivity contribution in [1.82, 2.24) is 24.6 Å². The van der Waals surface area contributed by atoms with Crippen LogP contribution in [0.4, 0.5) is 0 Å². The Hall–Kier alpha value is -5.30. The lowest BCUT2D eigenvalue weighted by Gasteiger charge is -2.37. The summed E-state index contributed by atoms with van der Waals surface area (Å²) in [5.41, 5.74) is 8.99. The van der Waals surface area contributed by atoms with Gasteiger partial charge in [-0.15, -0.1) is 0 Å². The van der Waals surface area contributed by atoms with E-state index in [-0.39, 0.29) is 18.4 Å². The minimum Gasteiger partial charge on any atom is -0.336 e. The molecule has 6 rings (SSSR count). The van der Waals surface area contributed by atoms with Crippen LogP contribution in [0.15, 0.2) is 109 Å². The fourth-order valence-electron chi connectivity index (χ4n) is 6.20. The summed E-state index contributed by atoms with van der Waals surface area (Å²) in [6.45, 7) is 5.36. The highest BCUT2D eigenvalue weighted by molar-refractivity contribution is 5.96. The maximum atomic E-state index is 14.6. The van der Waals surface area contributed by atoms with Gasteiger partial charge in [0, 0.05) is 62.2 Å². The van der Waals surface area contributed by atoms with Gasteiger partial charge in [0.25, 0.3) is 0 Å². The number of aryl methyl sites for hydroxylation is 2. The molecule has 232 valence electrons. The Kier molecular flexibility index (Phi) is 9.20. The maximum Gasteiger partial charge on any atom is 0.247 e. The third-order valence-electron chi connectivity index (χ3n) is 8.88. The molecule has 3 aromatic carbocycles. The van der Waals surface area contributed by atoms with E-state index >= 15 is 0 Å². The smallest absolute Gasteiger partial charge is 0.247 e. The number of hydrogen-bond donors (Lipinski definition) is 0. The Balaban J connectivity index is 1.36. The molecule has 0 spiro atoms. The Morgan fingerprint density at radius 1 is 0.870 bits per heavy atom. The molecule has 46 heavy (non-hydrogen) atoms. The first kappa shape index (κ1) is 30.7. The number of benzene rings is 3. The van der Waals surface area contributed by atoms with Gasteiger partial charge in [0.2, 0.25) is 11.8 Å². The summed E-state index contributed by atoms with van der Waals surface area (Å²) in [6, 6.07) is 31.5. The summed E-state index contributed by atoms with van der Waals surface area (Å²) in [5.74, 6) is -0.262. The average molecular weight is 610 g/mol. The van der Waals surface area contributed by atoms with Gasteiger partial charge in [0.1, 0.15) is 6.04 Å². The first-order valence-electron chi connectivity index (χ1n) is 15.8. The predicted molar refractivity (Wildman–Crippen MR) is 181 cm³/mol. The summed E-state index contributed by atoms with van der Waals surface area (Å²) in [4.78, 5) is 37.0. The van der Waals surface area contributed by atoms with Crippen molar-refractivity contribution < 1.29 is 9.59 Å². The lowest BCUT2D eigenvalue weighted by atomic mass is 9.97. The van der Waals surface area contributed by atoms with Gasteiger partial charge >= 0.3 is 0 Å². The Morgan fingerprint density at radius 2 is 1.59 bits per heavy atom. The van der Waals surface area contributed by atoms with E-state index < -0.39 is 6.04 Å². The first-order valence-corrected chi connectivity index (χ1v) is 15.8. The molecule has 0 aliphatic carbocycles. The normalized spacial score (nSPS) is 13.4. The van der Waals surface area contributed by atoms with Crippen LogP contribution in [0.5, 0.6) is 0 Å². The molecule has 1 unspecified atom stereocenters. The molecular formula is C39H39N5O2. The number of fused-ring (bicyclic) bond motifs is 1. The van der Waals surface area contributed by atoms with E-state index in [0.717, 1.165) is 51.3 Å². The van der Waals surface area contributed by atoms with Crippen LogP contribution in [0.25, 0.3) is 17.3 Å². The van der Waals surface area contributed by atoms with Crippen LogP contribution < -0.4 is 0 Å². The van der Waals surface area contributed by atoms with Gasteiger partial charge in [-0.1, -0.05) is 84.9 Å². The zero-order chi connectivity index (χ0) is 32.0. The summed E-state index contributed by atoms with van der Waals surface area (Å²) in [5, 5.41) is 4.51. The second-order valence-electron chi connectivity index (χ2n) is 11.9. The molecule has 0 fully saturated rings. The van der Waals surface area contributed by atoms with E-state index in [4.69, 9.17) is 0 Å². The second kappa shape index (κ2) is 13.8. The minimum atomic E-state index is -0.698. The van der Waals surface area contributed by atoms with E-state index in [1.807, 2.05) is 121 Å². The number of rotatable bonds is 9.